The molecule has 0 spiro atoms. The van der Waals surface area contributed by atoms with Crippen LogP contribution < -0.4 is 10.1 Å². The Morgan fingerprint density at radius 2 is 2.00 bits per heavy atom. The monoisotopic (exact) mass is 321 g/mol. The highest BCUT2D eigenvalue weighted by atomic mass is 35.5. The molecule has 3 nitrogen and oxygen atoms in total. The Morgan fingerprint density at radius 3 is 2.71 bits per heavy atom. The van der Waals surface area contributed by atoms with Crippen LogP contribution >= 0.6 is 23.4 Å². The van der Waals surface area contributed by atoms with Crippen LogP contribution in [0.15, 0.2) is 53.4 Å². The van der Waals surface area contributed by atoms with Crippen LogP contribution in [0.5, 0.6) is 5.75 Å². The molecule has 5 heteroatoms. The maximum atomic E-state index is 12.2. The molecule has 0 aliphatic heterocycles. The van der Waals surface area contributed by atoms with Crippen molar-refractivity contribution in [3.8, 4) is 5.75 Å². The quantitative estimate of drug-likeness (QED) is 0.826. The summed E-state index contributed by atoms with van der Waals surface area (Å²) < 4.78 is 5.60. The molecule has 0 aromatic heterocycles. The molecule has 2 rings (SSSR count). The Hall–Kier alpha value is -1.65. The average molecular weight is 322 g/mol. The van der Waals surface area contributed by atoms with Crippen LogP contribution in [0.1, 0.15) is 6.92 Å². The van der Waals surface area contributed by atoms with Crippen LogP contribution in [-0.4, -0.2) is 18.3 Å². The highest BCUT2D eigenvalue weighted by molar-refractivity contribution is 7.98. The SMILES string of the molecule is CSc1ccccc1NC(=O)C(C)Oc1cccc(Cl)c1. The van der Waals surface area contributed by atoms with E-state index in [1.807, 2.05) is 30.5 Å². The summed E-state index contributed by atoms with van der Waals surface area (Å²) in [6, 6.07) is 14.6. The summed E-state index contributed by atoms with van der Waals surface area (Å²) in [5.74, 6) is 0.375. The molecular weight excluding hydrogens is 306 g/mol. The maximum absolute atomic E-state index is 12.2. The number of nitrogens with one attached hydrogen (secondary N) is 1. The topological polar surface area (TPSA) is 38.3 Å². The number of anilines is 1. The second-order valence-corrected chi connectivity index (χ2v) is 5.69. The minimum atomic E-state index is -0.613. The van der Waals surface area contributed by atoms with E-state index in [1.165, 1.54) is 0 Å². The number of hydrogen-bond acceptors (Lipinski definition) is 3. The molecule has 110 valence electrons. The largest absolute Gasteiger partial charge is 0.481 e. The Kier molecular flexibility index (Phi) is 5.53. The summed E-state index contributed by atoms with van der Waals surface area (Å²) in [6.07, 6.45) is 1.36. The van der Waals surface area contributed by atoms with E-state index < -0.39 is 6.10 Å². The molecule has 2 aromatic carbocycles. The molecule has 0 heterocycles. The van der Waals surface area contributed by atoms with Crippen molar-refractivity contribution < 1.29 is 9.53 Å². The standard InChI is InChI=1S/C16H16ClNO2S/c1-11(20-13-7-5-6-12(17)10-13)16(19)18-14-8-3-4-9-15(14)21-2/h3-11H,1-2H3,(H,18,19). The van der Waals surface area contributed by atoms with Crippen molar-refractivity contribution >= 4 is 35.0 Å². The first-order chi connectivity index (χ1) is 10.1. The van der Waals surface area contributed by atoms with Crippen LogP contribution in [0.2, 0.25) is 5.02 Å². The fourth-order valence-electron chi connectivity index (χ4n) is 1.78. The third kappa shape index (κ3) is 4.41. The van der Waals surface area contributed by atoms with Crippen molar-refractivity contribution in [1.82, 2.24) is 0 Å². The van der Waals surface area contributed by atoms with Crippen LogP contribution in [0.25, 0.3) is 0 Å². The number of thioether (sulfide) groups is 1. The molecule has 0 aliphatic rings. The normalized spacial score (nSPS) is 11.8. The number of ether oxygens (including phenoxy) is 1. The molecule has 21 heavy (non-hydrogen) atoms. The Bertz CT molecular complexity index is 633. The summed E-state index contributed by atoms with van der Waals surface area (Å²) in [6.45, 7) is 1.71. The summed E-state index contributed by atoms with van der Waals surface area (Å²) in [5.41, 5.74) is 0.788. The predicted octanol–water partition coefficient (Wildman–Crippen LogP) is 4.47. The number of carbonyl (C=O) groups is 1. The van der Waals surface area contributed by atoms with E-state index in [1.54, 1.807) is 43.0 Å². The third-order valence-electron chi connectivity index (χ3n) is 2.84. The van der Waals surface area contributed by atoms with Gasteiger partial charge in [0.15, 0.2) is 6.10 Å². The molecule has 1 atom stereocenters. The number of benzene rings is 2. The first kappa shape index (κ1) is 15.7. The van der Waals surface area contributed by atoms with Gasteiger partial charge in [-0.15, -0.1) is 11.8 Å². The van der Waals surface area contributed by atoms with Crippen molar-refractivity contribution in [3.05, 3.63) is 53.6 Å². The Labute approximate surface area is 133 Å². The zero-order valence-electron chi connectivity index (χ0n) is 11.8. The van der Waals surface area contributed by atoms with Crippen LogP contribution in [0.4, 0.5) is 5.69 Å². The van der Waals surface area contributed by atoms with Crippen molar-refractivity contribution in [2.24, 2.45) is 0 Å². The molecule has 1 N–H and O–H groups in total. The van der Waals surface area contributed by atoms with Crippen molar-refractivity contribution in [3.63, 3.8) is 0 Å². The van der Waals surface area contributed by atoms with Gasteiger partial charge >= 0.3 is 0 Å². The molecule has 1 amide bonds. The molecule has 0 fully saturated rings. The second-order valence-electron chi connectivity index (χ2n) is 4.41. The van der Waals surface area contributed by atoms with E-state index in [0.717, 1.165) is 10.6 Å². The Morgan fingerprint density at radius 1 is 1.24 bits per heavy atom. The third-order valence-corrected chi connectivity index (χ3v) is 3.87. The van der Waals surface area contributed by atoms with Gasteiger partial charge in [0.25, 0.3) is 5.91 Å². The summed E-state index contributed by atoms with van der Waals surface area (Å²) in [5, 5.41) is 3.46. The van der Waals surface area contributed by atoms with E-state index >= 15 is 0 Å². The molecule has 2 aromatic rings. The van der Waals surface area contributed by atoms with Crippen molar-refractivity contribution in [1.29, 1.82) is 0 Å². The van der Waals surface area contributed by atoms with Gasteiger partial charge in [0.2, 0.25) is 0 Å². The zero-order valence-corrected chi connectivity index (χ0v) is 13.4. The predicted molar refractivity (Wildman–Crippen MR) is 88.4 cm³/mol. The lowest BCUT2D eigenvalue weighted by atomic mass is 10.3. The lowest BCUT2D eigenvalue weighted by Crippen LogP contribution is -2.30. The van der Waals surface area contributed by atoms with Crippen molar-refractivity contribution in [2.75, 3.05) is 11.6 Å². The van der Waals surface area contributed by atoms with Crippen LogP contribution in [0, 0.1) is 0 Å². The van der Waals surface area contributed by atoms with E-state index in [2.05, 4.69) is 5.32 Å². The molecule has 0 radical (unpaired) electrons. The van der Waals surface area contributed by atoms with Crippen molar-refractivity contribution in [2.45, 2.75) is 17.9 Å². The van der Waals surface area contributed by atoms with Gasteiger partial charge in [-0.1, -0.05) is 29.8 Å². The molecule has 0 bridgehead atoms. The fourth-order valence-corrected chi connectivity index (χ4v) is 2.51. The molecule has 0 saturated heterocycles. The highest BCUT2D eigenvalue weighted by Gasteiger charge is 2.16. The van der Waals surface area contributed by atoms with Gasteiger partial charge in [-0.05, 0) is 43.5 Å². The number of hydrogen-bond donors (Lipinski definition) is 1. The van der Waals surface area contributed by atoms with Gasteiger partial charge in [-0.25, -0.2) is 0 Å². The lowest BCUT2D eigenvalue weighted by molar-refractivity contribution is -0.122. The van der Waals surface area contributed by atoms with Gasteiger partial charge in [-0.2, -0.15) is 0 Å². The summed E-state index contributed by atoms with van der Waals surface area (Å²) >= 11 is 7.48. The van der Waals surface area contributed by atoms with Gasteiger partial charge in [0.1, 0.15) is 5.75 Å². The number of para-hydroxylation sites is 1. The minimum absolute atomic E-state index is 0.198. The molecule has 0 aliphatic carbocycles. The van der Waals surface area contributed by atoms with Gasteiger partial charge < -0.3 is 10.1 Å². The fraction of sp³-hybridized carbons (Fsp3) is 0.188. The smallest absolute Gasteiger partial charge is 0.265 e. The van der Waals surface area contributed by atoms with E-state index in [4.69, 9.17) is 16.3 Å². The van der Waals surface area contributed by atoms with Gasteiger partial charge in [0, 0.05) is 9.92 Å². The minimum Gasteiger partial charge on any atom is -0.481 e. The van der Waals surface area contributed by atoms with Gasteiger partial charge in [0.05, 0.1) is 5.69 Å². The second kappa shape index (κ2) is 7.38. The van der Waals surface area contributed by atoms with Crippen LogP contribution in [-0.2, 0) is 4.79 Å². The molecule has 1 unspecified atom stereocenters. The molecular formula is C16H16ClNO2S. The number of rotatable bonds is 5. The lowest BCUT2D eigenvalue weighted by Gasteiger charge is -2.16. The van der Waals surface area contributed by atoms with Crippen LogP contribution in [0.3, 0.4) is 0 Å². The first-order valence-corrected chi connectivity index (χ1v) is 8.06. The first-order valence-electron chi connectivity index (χ1n) is 6.46. The van der Waals surface area contributed by atoms with E-state index in [9.17, 15) is 4.79 Å². The number of halogens is 1. The number of carbonyl (C=O) groups excluding carboxylic acids is 1. The summed E-state index contributed by atoms with van der Waals surface area (Å²) in [7, 11) is 0. The zero-order chi connectivity index (χ0) is 15.2. The average Bonchev–Trinajstić information content (AvgIpc) is 2.47. The van der Waals surface area contributed by atoms with Gasteiger partial charge in [-0.3, -0.25) is 4.79 Å². The number of amides is 1. The Balaban J connectivity index is 2.02. The molecule has 0 saturated carbocycles. The summed E-state index contributed by atoms with van der Waals surface area (Å²) in [4.78, 5) is 13.2. The highest BCUT2D eigenvalue weighted by Crippen LogP contribution is 2.25. The maximum Gasteiger partial charge on any atom is 0.265 e. The van der Waals surface area contributed by atoms with E-state index in [0.29, 0.717) is 10.8 Å². The van der Waals surface area contributed by atoms with E-state index in [-0.39, 0.29) is 5.91 Å².